The number of amides is 3. The summed E-state index contributed by atoms with van der Waals surface area (Å²) in [6.07, 6.45) is 1.56. The average Bonchev–Trinajstić information content (AvgIpc) is 3.23. The average molecular weight is 421 g/mol. The summed E-state index contributed by atoms with van der Waals surface area (Å²) in [5.74, 6) is 0.720. The number of hydrogen-bond donors (Lipinski definition) is 2. The minimum Gasteiger partial charge on any atom is -0.361 e. The zero-order chi connectivity index (χ0) is 22.2. The van der Waals surface area contributed by atoms with E-state index in [-0.39, 0.29) is 12.3 Å². The Hall–Kier alpha value is -3.61. The fourth-order valence-electron chi connectivity index (χ4n) is 3.51. The van der Waals surface area contributed by atoms with Crippen LogP contribution < -0.4 is 11.1 Å². The van der Waals surface area contributed by atoms with Gasteiger partial charge in [-0.05, 0) is 24.5 Å². The van der Waals surface area contributed by atoms with Gasteiger partial charge in [0.1, 0.15) is 11.5 Å². The topological polar surface area (TPSA) is 101 Å². The van der Waals surface area contributed by atoms with Gasteiger partial charge in [0.2, 0.25) is 5.91 Å². The quantitative estimate of drug-likeness (QED) is 0.549. The highest BCUT2D eigenvalue weighted by atomic mass is 16.5. The number of primary amides is 1. The number of hydrogen-bond acceptors (Lipinski definition) is 4. The van der Waals surface area contributed by atoms with Gasteiger partial charge in [-0.15, -0.1) is 0 Å². The Morgan fingerprint density at radius 1 is 1.13 bits per heavy atom. The summed E-state index contributed by atoms with van der Waals surface area (Å²) in [6, 6.07) is 18.3. The van der Waals surface area contributed by atoms with Gasteiger partial charge in [-0.3, -0.25) is 4.79 Å². The fourth-order valence-corrected chi connectivity index (χ4v) is 3.51. The molecule has 3 rings (SSSR count). The third-order valence-corrected chi connectivity index (χ3v) is 5.23. The molecule has 7 nitrogen and oxygen atoms in total. The smallest absolute Gasteiger partial charge is 0.312 e. The first-order valence-electron chi connectivity index (χ1n) is 10.3. The minimum absolute atomic E-state index is 0.0652. The molecule has 3 N–H and O–H groups in total. The van der Waals surface area contributed by atoms with Crippen molar-refractivity contribution in [2.75, 3.05) is 13.6 Å². The predicted octanol–water partition coefficient (Wildman–Crippen LogP) is 3.84. The number of urea groups is 1. The highest BCUT2D eigenvalue weighted by Crippen LogP contribution is 2.22. The summed E-state index contributed by atoms with van der Waals surface area (Å²) in [7, 11) is 1.76. The zero-order valence-corrected chi connectivity index (χ0v) is 17.9. The van der Waals surface area contributed by atoms with Crippen molar-refractivity contribution in [3.63, 3.8) is 0 Å². The lowest BCUT2D eigenvalue weighted by molar-refractivity contribution is -0.130. The van der Waals surface area contributed by atoms with E-state index < -0.39 is 12.1 Å². The molecule has 0 spiro atoms. The molecule has 31 heavy (non-hydrogen) atoms. The number of nitrogens with zero attached hydrogens (tertiary/aromatic N) is 2. The molecule has 2 aromatic carbocycles. The number of aryl methyl sites for hydroxylation is 2. The van der Waals surface area contributed by atoms with E-state index in [0.29, 0.717) is 13.0 Å². The number of carbonyl (C=O) groups excluding carboxylic acids is 2. The van der Waals surface area contributed by atoms with Gasteiger partial charge in [0.25, 0.3) is 0 Å². The second kappa shape index (κ2) is 10.4. The van der Waals surface area contributed by atoms with Gasteiger partial charge in [0.05, 0.1) is 12.5 Å². The van der Waals surface area contributed by atoms with E-state index >= 15 is 0 Å². The number of rotatable bonds is 9. The Morgan fingerprint density at radius 3 is 2.55 bits per heavy atom. The molecule has 0 aliphatic heterocycles. The van der Waals surface area contributed by atoms with Crippen molar-refractivity contribution in [2.24, 2.45) is 5.73 Å². The van der Waals surface area contributed by atoms with Crippen molar-refractivity contribution in [1.29, 1.82) is 0 Å². The standard InChI is InChI=1S/C24H28N4O3/c1-17-9-6-7-13-20(17)22(26-24(25)30)16-23(29)28(2)14-8-12-19-15-21(27-31-19)18-10-4-3-5-11-18/h3-7,9-11,13,15,22H,8,12,14,16H2,1-2H3,(H3,25,26,30). The Balaban J connectivity index is 1.53. The first-order chi connectivity index (χ1) is 14.9. The second-order valence-corrected chi connectivity index (χ2v) is 7.59. The summed E-state index contributed by atoms with van der Waals surface area (Å²) in [4.78, 5) is 25.9. The monoisotopic (exact) mass is 420 g/mol. The van der Waals surface area contributed by atoms with Crippen LogP contribution in [0.4, 0.5) is 4.79 Å². The molecule has 0 saturated heterocycles. The van der Waals surface area contributed by atoms with Gasteiger partial charge in [-0.1, -0.05) is 59.8 Å². The lowest BCUT2D eigenvalue weighted by Crippen LogP contribution is -2.37. The lowest BCUT2D eigenvalue weighted by atomic mass is 9.98. The molecule has 0 radical (unpaired) electrons. The van der Waals surface area contributed by atoms with E-state index in [9.17, 15) is 9.59 Å². The molecule has 0 saturated carbocycles. The maximum Gasteiger partial charge on any atom is 0.312 e. The Bertz CT molecular complexity index is 1020. The third-order valence-electron chi connectivity index (χ3n) is 5.23. The molecule has 162 valence electrons. The number of nitrogens with one attached hydrogen (secondary N) is 1. The largest absolute Gasteiger partial charge is 0.361 e. The number of benzene rings is 2. The number of aromatic nitrogens is 1. The van der Waals surface area contributed by atoms with Crippen LogP contribution in [0.15, 0.2) is 65.2 Å². The highest BCUT2D eigenvalue weighted by molar-refractivity contribution is 5.78. The van der Waals surface area contributed by atoms with Crippen molar-refractivity contribution in [1.82, 2.24) is 15.4 Å². The molecule has 7 heteroatoms. The van der Waals surface area contributed by atoms with E-state index in [4.69, 9.17) is 10.3 Å². The summed E-state index contributed by atoms with van der Waals surface area (Å²) in [5, 5.41) is 6.81. The van der Waals surface area contributed by atoms with Gasteiger partial charge in [-0.2, -0.15) is 0 Å². The van der Waals surface area contributed by atoms with Crippen LogP contribution in [0.3, 0.4) is 0 Å². The maximum atomic E-state index is 12.7. The van der Waals surface area contributed by atoms with E-state index in [0.717, 1.165) is 34.6 Å². The van der Waals surface area contributed by atoms with Crippen molar-refractivity contribution < 1.29 is 14.1 Å². The van der Waals surface area contributed by atoms with Crippen molar-refractivity contribution in [3.8, 4) is 11.3 Å². The van der Waals surface area contributed by atoms with Gasteiger partial charge in [0.15, 0.2) is 0 Å². The summed E-state index contributed by atoms with van der Waals surface area (Å²) in [6.45, 7) is 2.51. The molecule has 3 amide bonds. The van der Waals surface area contributed by atoms with Crippen LogP contribution in [-0.4, -0.2) is 35.6 Å². The van der Waals surface area contributed by atoms with Gasteiger partial charge >= 0.3 is 6.03 Å². The molecular weight excluding hydrogens is 392 g/mol. The maximum absolute atomic E-state index is 12.7. The van der Waals surface area contributed by atoms with Crippen molar-refractivity contribution in [2.45, 2.75) is 32.2 Å². The third kappa shape index (κ3) is 6.18. The van der Waals surface area contributed by atoms with E-state index in [1.807, 2.05) is 67.6 Å². The normalized spacial score (nSPS) is 11.7. The first-order valence-corrected chi connectivity index (χ1v) is 10.3. The minimum atomic E-state index is -0.650. The zero-order valence-electron chi connectivity index (χ0n) is 17.9. The van der Waals surface area contributed by atoms with E-state index in [1.165, 1.54) is 0 Å². The van der Waals surface area contributed by atoms with Crippen LogP contribution in [0.2, 0.25) is 0 Å². The molecule has 1 heterocycles. The Labute approximate surface area is 182 Å². The summed E-state index contributed by atoms with van der Waals surface area (Å²) < 4.78 is 5.43. The van der Waals surface area contributed by atoms with Crippen LogP contribution in [0.25, 0.3) is 11.3 Å². The molecule has 3 aromatic rings. The molecule has 1 aromatic heterocycles. The van der Waals surface area contributed by atoms with Gasteiger partial charge < -0.3 is 20.5 Å². The van der Waals surface area contributed by atoms with Crippen LogP contribution in [-0.2, 0) is 11.2 Å². The van der Waals surface area contributed by atoms with E-state index in [1.54, 1.807) is 11.9 Å². The predicted molar refractivity (Wildman–Crippen MR) is 119 cm³/mol. The molecule has 1 unspecified atom stereocenters. The van der Waals surface area contributed by atoms with Crippen molar-refractivity contribution in [3.05, 3.63) is 77.6 Å². The highest BCUT2D eigenvalue weighted by Gasteiger charge is 2.21. The molecule has 0 fully saturated rings. The fraction of sp³-hybridized carbons (Fsp3) is 0.292. The molecule has 1 atom stereocenters. The summed E-state index contributed by atoms with van der Waals surface area (Å²) >= 11 is 0. The molecule has 0 aliphatic rings. The van der Waals surface area contributed by atoms with Crippen LogP contribution in [0.1, 0.15) is 35.8 Å². The van der Waals surface area contributed by atoms with Crippen molar-refractivity contribution >= 4 is 11.9 Å². The second-order valence-electron chi connectivity index (χ2n) is 7.59. The first kappa shape index (κ1) is 22.1. The number of carbonyl (C=O) groups is 2. The Kier molecular flexibility index (Phi) is 7.43. The van der Waals surface area contributed by atoms with Gasteiger partial charge in [-0.25, -0.2) is 4.79 Å². The summed E-state index contributed by atoms with van der Waals surface area (Å²) in [5.41, 5.74) is 9.03. The number of nitrogens with two attached hydrogens (primary N) is 1. The Morgan fingerprint density at radius 2 is 1.84 bits per heavy atom. The van der Waals surface area contributed by atoms with Crippen LogP contribution >= 0.6 is 0 Å². The molecule has 0 aliphatic carbocycles. The van der Waals surface area contributed by atoms with E-state index in [2.05, 4.69) is 10.5 Å². The SMILES string of the molecule is Cc1ccccc1C(CC(=O)N(C)CCCc1cc(-c2ccccc2)no1)NC(N)=O. The lowest BCUT2D eigenvalue weighted by Gasteiger charge is -2.23. The van der Waals surface area contributed by atoms with Crippen LogP contribution in [0, 0.1) is 6.92 Å². The van der Waals surface area contributed by atoms with Crippen LogP contribution in [0.5, 0.6) is 0 Å². The van der Waals surface area contributed by atoms with Gasteiger partial charge in [0, 0.05) is 31.6 Å². The molecule has 0 bridgehead atoms. The molecular formula is C24H28N4O3.